The molecule has 0 atom stereocenters. The van der Waals surface area contributed by atoms with Gasteiger partial charge < -0.3 is 15.5 Å². The third-order valence-corrected chi connectivity index (χ3v) is 3.34. The lowest BCUT2D eigenvalue weighted by molar-refractivity contribution is 0.234. The van der Waals surface area contributed by atoms with E-state index in [9.17, 15) is 4.79 Å². The van der Waals surface area contributed by atoms with Gasteiger partial charge in [-0.05, 0) is 31.4 Å². The SMILES string of the molecule is CCCNC(=O)NC1CCN(c2ccccn2)CC1. The molecule has 2 amide bonds. The average Bonchev–Trinajstić information content (AvgIpc) is 2.47. The van der Waals surface area contributed by atoms with Gasteiger partial charge in [-0.2, -0.15) is 0 Å². The van der Waals surface area contributed by atoms with Crippen LogP contribution < -0.4 is 15.5 Å². The minimum atomic E-state index is -0.0434. The number of rotatable bonds is 4. The van der Waals surface area contributed by atoms with E-state index in [1.807, 2.05) is 31.3 Å². The summed E-state index contributed by atoms with van der Waals surface area (Å²) in [6, 6.07) is 6.19. The maximum atomic E-state index is 11.6. The minimum Gasteiger partial charge on any atom is -0.356 e. The van der Waals surface area contributed by atoms with E-state index in [4.69, 9.17) is 0 Å². The molecule has 0 saturated carbocycles. The van der Waals surface area contributed by atoms with Gasteiger partial charge in [0.15, 0.2) is 0 Å². The van der Waals surface area contributed by atoms with Gasteiger partial charge in [0.25, 0.3) is 0 Å². The number of nitrogens with zero attached hydrogens (tertiary/aromatic N) is 2. The number of hydrogen-bond acceptors (Lipinski definition) is 3. The minimum absolute atomic E-state index is 0.0434. The fourth-order valence-electron chi connectivity index (χ4n) is 2.27. The predicted molar refractivity (Wildman–Crippen MR) is 76.3 cm³/mol. The van der Waals surface area contributed by atoms with Crippen molar-refractivity contribution in [2.45, 2.75) is 32.2 Å². The Morgan fingerprint density at radius 2 is 2.21 bits per heavy atom. The molecule has 1 fully saturated rings. The van der Waals surface area contributed by atoms with Crippen molar-refractivity contribution in [3.05, 3.63) is 24.4 Å². The van der Waals surface area contributed by atoms with E-state index in [0.717, 1.165) is 44.7 Å². The summed E-state index contributed by atoms with van der Waals surface area (Å²) in [5.74, 6) is 1.02. The smallest absolute Gasteiger partial charge is 0.315 e. The van der Waals surface area contributed by atoms with Crippen LogP contribution in [-0.4, -0.2) is 36.7 Å². The molecule has 0 aliphatic carbocycles. The van der Waals surface area contributed by atoms with Crippen LogP contribution in [0.5, 0.6) is 0 Å². The van der Waals surface area contributed by atoms with Gasteiger partial charge in [0.2, 0.25) is 0 Å². The van der Waals surface area contributed by atoms with Crippen LogP contribution in [0.1, 0.15) is 26.2 Å². The average molecular weight is 262 g/mol. The van der Waals surface area contributed by atoms with Crippen LogP contribution in [0.25, 0.3) is 0 Å². The van der Waals surface area contributed by atoms with Gasteiger partial charge in [-0.1, -0.05) is 13.0 Å². The third kappa shape index (κ3) is 4.12. The molecule has 1 aliphatic heterocycles. The Bertz CT molecular complexity index is 388. The van der Waals surface area contributed by atoms with E-state index in [1.165, 1.54) is 0 Å². The Labute approximate surface area is 114 Å². The molecule has 0 aromatic carbocycles. The number of urea groups is 1. The normalized spacial score (nSPS) is 16.2. The number of carbonyl (C=O) groups is 1. The number of nitrogens with one attached hydrogen (secondary N) is 2. The molecule has 2 rings (SSSR count). The first-order valence-corrected chi connectivity index (χ1v) is 7.00. The largest absolute Gasteiger partial charge is 0.356 e. The fourth-order valence-corrected chi connectivity index (χ4v) is 2.27. The van der Waals surface area contributed by atoms with E-state index in [-0.39, 0.29) is 12.1 Å². The standard InChI is InChI=1S/C14H22N4O/c1-2-8-16-14(19)17-12-6-10-18(11-7-12)13-5-3-4-9-15-13/h3-5,9,12H,2,6-8,10-11H2,1H3,(H2,16,17,19). The van der Waals surface area contributed by atoms with Crippen LogP contribution in [0.4, 0.5) is 10.6 Å². The van der Waals surface area contributed by atoms with Crippen molar-refractivity contribution in [1.82, 2.24) is 15.6 Å². The van der Waals surface area contributed by atoms with E-state index >= 15 is 0 Å². The molecule has 104 valence electrons. The lowest BCUT2D eigenvalue weighted by Crippen LogP contribution is -2.48. The van der Waals surface area contributed by atoms with Crippen LogP contribution in [0.2, 0.25) is 0 Å². The zero-order valence-electron chi connectivity index (χ0n) is 11.4. The lowest BCUT2D eigenvalue weighted by atomic mass is 10.1. The quantitative estimate of drug-likeness (QED) is 0.869. The Morgan fingerprint density at radius 1 is 1.42 bits per heavy atom. The lowest BCUT2D eigenvalue weighted by Gasteiger charge is -2.33. The second kappa shape index (κ2) is 6.97. The molecule has 1 aliphatic rings. The number of hydrogen-bond donors (Lipinski definition) is 2. The van der Waals surface area contributed by atoms with Crippen LogP contribution >= 0.6 is 0 Å². The van der Waals surface area contributed by atoms with Crippen molar-refractivity contribution < 1.29 is 4.79 Å². The van der Waals surface area contributed by atoms with Crippen molar-refractivity contribution in [3.8, 4) is 0 Å². The van der Waals surface area contributed by atoms with Gasteiger partial charge in [-0.25, -0.2) is 9.78 Å². The van der Waals surface area contributed by atoms with Gasteiger partial charge in [0, 0.05) is 31.9 Å². The zero-order valence-corrected chi connectivity index (χ0v) is 11.4. The van der Waals surface area contributed by atoms with Crippen LogP contribution in [-0.2, 0) is 0 Å². The molecule has 1 saturated heterocycles. The highest BCUT2D eigenvalue weighted by atomic mass is 16.2. The molecule has 5 nitrogen and oxygen atoms in total. The molecular weight excluding hydrogens is 240 g/mol. The van der Waals surface area contributed by atoms with Crippen molar-refractivity contribution in [1.29, 1.82) is 0 Å². The number of aromatic nitrogens is 1. The van der Waals surface area contributed by atoms with Crippen molar-refractivity contribution >= 4 is 11.8 Å². The van der Waals surface area contributed by atoms with Crippen molar-refractivity contribution in [3.63, 3.8) is 0 Å². The summed E-state index contributed by atoms with van der Waals surface area (Å²) in [7, 11) is 0. The van der Waals surface area contributed by atoms with E-state index in [1.54, 1.807) is 0 Å². The maximum Gasteiger partial charge on any atom is 0.315 e. The first-order chi connectivity index (χ1) is 9.29. The molecule has 0 bridgehead atoms. The summed E-state index contributed by atoms with van der Waals surface area (Å²) in [6.07, 6.45) is 4.72. The Kier molecular flexibility index (Phi) is 5.01. The maximum absolute atomic E-state index is 11.6. The molecule has 1 aromatic rings. The first kappa shape index (κ1) is 13.6. The molecule has 2 N–H and O–H groups in total. The van der Waals surface area contributed by atoms with Crippen LogP contribution in [0.15, 0.2) is 24.4 Å². The molecule has 2 heterocycles. The molecular formula is C14H22N4O. The summed E-state index contributed by atoms with van der Waals surface area (Å²) in [4.78, 5) is 18.2. The number of amides is 2. The summed E-state index contributed by atoms with van der Waals surface area (Å²) < 4.78 is 0. The highest BCUT2D eigenvalue weighted by Gasteiger charge is 2.21. The fraction of sp³-hybridized carbons (Fsp3) is 0.571. The van der Waals surface area contributed by atoms with Gasteiger partial charge in [-0.3, -0.25) is 0 Å². The molecule has 5 heteroatoms. The second-order valence-corrected chi connectivity index (χ2v) is 4.85. The highest BCUT2D eigenvalue weighted by molar-refractivity contribution is 5.74. The molecule has 1 aromatic heterocycles. The molecule has 0 radical (unpaired) electrons. The number of piperidine rings is 1. The van der Waals surface area contributed by atoms with Gasteiger partial charge in [0.05, 0.1) is 0 Å². The summed E-state index contributed by atoms with van der Waals surface area (Å²) in [5.41, 5.74) is 0. The third-order valence-electron chi connectivity index (χ3n) is 3.34. The second-order valence-electron chi connectivity index (χ2n) is 4.85. The van der Waals surface area contributed by atoms with Crippen molar-refractivity contribution in [2.75, 3.05) is 24.5 Å². The number of pyridine rings is 1. The van der Waals surface area contributed by atoms with Gasteiger partial charge in [0.1, 0.15) is 5.82 Å². The highest BCUT2D eigenvalue weighted by Crippen LogP contribution is 2.16. The summed E-state index contributed by atoms with van der Waals surface area (Å²) in [5, 5.41) is 5.88. The Balaban J connectivity index is 1.75. The molecule has 0 unspecified atom stereocenters. The first-order valence-electron chi connectivity index (χ1n) is 7.00. The number of anilines is 1. The molecule has 0 spiro atoms. The summed E-state index contributed by atoms with van der Waals surface area (Å²) in [6.45, 7) is 4.66. The van der Waals surface area contributed by atoms with Gasteiger partial charge in [-0.15, -0.1) is 0 Å². The Morgan fingerprint density at radius 3 is 2.84 bits per heavy atom. The van der Waals surface area contributed by atoms with Gasteiger partial charge >= 0.3 is 6.03 Å². The van der Waals surface area contributed by atoms with Crippen molar-refractivity contribution in [2.24, 2.45) is 0 Å². The van der Waals surface area contributed by atoms with E-state index < -0.39 is 0 Å². The zero-order chi connectivity index (χ0) is 13.5. The Hall–Kier alpha value is -1.78. The predicted octanol–water partition coefficient (Wildman–Crippen LogP) is 1.76. The monoisotopic (exact) mass is 262 g/mol. The van der Waals surface area contributed by atoms with Crippen LogP contribution in [0, 0.1) is 0 Å². The number of carbonyl (C=O) groups excluding carboxylic acids is 1. The topological polar surface area (TPSA) is 57.3 Å². The van der Waals surface area contributed by atoms with E-state index in [2.05, 4.69) is 20.5 Å². The summed E-state index contributed by atoms with van der Waals surface area (Å²) >= 11 is 0. The van der Waals surface area contributed by atoms with Crippen LogP contribution in [0.3, 0.4) is 0 Å². The van der Waals surface area contributed by atoms with E-state index in [0.29, 0.717) is 0 Å². The molecule has 19 heavy (non-hydrogen) atoms.